The van der Waals surface area contributed by atoms with Gasteiger partial charge in [-0.1, -0.05) is 6.07 Å². The molecule has 4 rings (SSSR count). The molecule has 3 aromatic rings. The normalized spacial score (nSPS) is 12.5. The minimum atomic E-state index is -0.696. The first kappa shape index (κ1) is 22.8. The SMILES string of the molecule is COC(=O)c1cccc(Nc2cc3c(cc2-c2ccnc(C)c2)OCC(=O)N3C)c1C(=O)OC. The van der Waals surface area contributed by atoms with Crippen LogP contribution in [0.2, 0.25) is 0 Å². The van der Waals surface area contributed by atoms with E-state index < -0.39 is 11.9 Å². The average Bonchev–Trinajstić information content (AvgIpc) is 2.85. The van der Waals surface area contributed by atoms with Crippen molar-refractivity contribution in [3.63, 3.8) is 0 Å². The second kappa shape index (κ2) is 9.22. The Morgan fingerprint density at radius 2 is 1.82 bits per heavy atom. The van der Waals surface area contributed by atoms with E-state index in [-0.39, 0.29) is 23.6 Å². The van der Waals surface area contributed by atoms with Gasteiger partial charge in [-0.25, -0.2) is 9.59 Å². The van der Waals surface area contributed by atoms with Crippen LogP contribution in [-0.2, 0) is 14.3 Å². The molecule has 0 spiro atoms. The van der Waals surface area contributed by atoms with Crippen molar-refractivity contribution in [2.24, 2.45) is 0 Å². The second-order valence-corrected chi connectivity index (χ2v) is 7.63. The van der Waals surface area contributed by atoms with Crippen LogP contribution in [0.4, 0.5) is 17.1 Å². The minimum Gasteiger partial charge on any atom is -0.482 e. The number of nitrogens with zero attached hydrogens (tertiary/aromatic N) is 2. The molecule has 1 amide bonds. The highest BCUT2D eigenvalue weighted by Crippen LogP contribution is 2.42. The standard InChI is InChI=1S/C25H23N3O6/c1-14-10-15(8-9-26-14)17-11-21-20(28(2)22(29)13-34-21)12-19(17)27-18-7-5-6-16(24(30)32-3)23(18)25(31)33-4/h5-12,27H,13H2,1-4H3. The zero-order valence-corrected chi connectivity index (χ0v) is 19.2. The molecule has 0 atom stereocenters. The summed E-state index contributed by atoms with van der Waals surface area (Å²) in [5, 5.41) is 3.26. The summed E-state index contributed by atoms with van der Waals surface area (Å²) in [6.45, 7) is 1.83. The van der Waals surface area contributed by atoms with Gasteiger partial charge < -0.3 is 24.4 Å². The van der Waals surface area contributed by atoms with Gasteiger partial charge in [0.25, 0.3) is 5.91 Å². The molecular formula is C25H23N3O6. The predicted molar refractivity (Wildman–Crippen MR) is 126 cm³/mol. The number of amides is 1. The molecule has 1 aromatic heterocycles. The third kappa shape index (κ3) is 4.15. The number of nitrogens with one attached hydrogen (secondary N) is 1. The molecule has 1 N–H and O–H groups in total. The molecule has 2 aromatic carbocycles. The van der Waals surface area contributed by atoms with Crippen molar-refractivity contribution >= 4 is 34.9 Å². The zero-order chi connectivity index (χ0) is 24.4. The van der Waals surface area contributed by atoms with Gasteiger partial charge in [0.05, 0.1) is 36.7 Å². The molecule has 9 nitrogen and oxygen atoms in total. The molecule has 1 aliphatic heterocycles. The van der Waals surface area contributed by atoms with Crippen molar-refractivity contribution < 1.29 is 28.6 Å². The molecule has 0 unspecified atom stereocenters. The van der Waals surface area contributed by atoms with Crippen LogP contribution >= 0.6 is 0 Å². The topological polar surface area (TPSA) is 107 Å². The van der Waals surface area contributed by atoms with Gasteiger partial charge >= 0.3 is 11.9 Å². The molecule has 2 heterocycles. The van der Waals surface area contributed by atoms with E-state index in [1.807, 2.05) is 25.1 Å². The van der Waals surface area contributed by atoms with E-state index in [0.29, 0.717) is 22.8 Å². The summed E-state index contributed by atoms with van der Waals surface area (Å²) in [5.74, 6) is -1.00. The highest BCUT2D eigenvalue weighted by Gasteiger charge is 2.26. The Morgan fingerprint density at radius 1 is 1.06 bits per heavy atom. The Hall–Kier alpha value is -4.40. The number of carbonyl (C=O) groups excluding carboxylic acids is 3. The van der Waals surface area contributed by atoms with Crippen molar-refractivity contribution in [1.29, 1.82) is 0 Å². The quantitative estimate of drug-likeness (QED) is 0.573. The van der Waals surface area contributed by atoms with Gasteiger partial charge in [-0.3, -0.25) is 9.78 Å². The number of methoxy groups -OCH3 is 2. The van der Waals surface area contributed by atoms with Crippen molar-refractivity contribution in [3.05, 3.63) is 65.5 Å². The first-order valence-electron chi connectivity index (χ1n) is 10.4. The smallest absolute Gasteiger partial charge is 0.340 e. The van der Waals surface area contributed by atoms with Gasteiger partial charge in [0.15, 0.2) is 6.61 Å². The molecule has 0 saturated carbocycles. The first-order valence-corrected chi connectivity index (χ1v) is 10.4. The molecule has 0 bridgehead atoms. The van der Waals surface area contributed by atoms with Crippen LogP contribution in [0.1, 0.15) is 26.4 Å². The second-order valence-electron chi connectivity index (χ2n) is 7.63. The summed E-state index contributed by atoms with van der Waals surface area (Å²) in [6, 6.07) is 12.1. The van der Waals surface area contributed by atoms with Crippen LogP contribution < -0.4 is 15.0 Å². The number of aromatic nitrogens is 1. The number of carbonyl (C=O) groups is 3. The Labute approximate surface area is 196 Å². The maximum absolute atomic E-state index is 12.6. The lowest BCUT2D eigenvalue weighted by molar-refractivity contribution is -0.120. The number of benzene rings is 2. The first-order chi connectivity index (χ1) is 16.3. The molecule has 174 valence electrons. The van der Waals surface area contributed by atoms with E-state index in [0.717, 1.165) is 16.8 Å². The largest absolute Gasteiger partial charge is 0.482 e. The van der Waals surface area contributed by atoms with Crippen LogP contribution in [0.15, 0.2) is 48.7 Å². The van der Waals surface area contributed by atoms with Gasteiger partial charge in [0, 0.05) is 30.2 Å². The van der Waals surface area contributed by atoms with Gasteiger partial charge in [-0.2, -0.15) is 0 Å². The summed E-state index contributed by atoms with van der Waals surface area (Å²) >= 11 is 0. The fourth-order valence-electron chi connectivity index (χ4n) is 3.78. The predicted octanol–water partition coefficient (Wildman–Crippen LogP) is 3.73. The summed E-state index contributed by atoms with van der Waals surface area (Å²) in [6.07, 6.45) is 1.70. The molecule has 9 heteroatoms. The van der Waals surface area contributed by atoms with Gasteiger partial charge in [-0.05, 0) is 48.9 Å². The number of esters is 2. The van der Waals surface area contributed by atoms with Crippen LogP contribution in [0.3, 0.4) is 0 Å². The Balaban J connectivity index is 1.92. The Kier molecular flexibility index (Phi) is 6.18. The fourth-order valence-corrected chi connectivity index (χ4v) is 3.78. The summed E-state index contributed by atoms with van der Waals surface area (Å²) < 4.78 is 15.5. The highest BCUT2D eigenvalue weighted by molar-refractivity contribution is 6.08. The molecule has 34 heavy (non-hydrogen) atoms. The van der Waals surface area contributed by atoms with Crippen molar-refractivity contribution in [3.8, 4) is 16.9 Å². The van der Waals surface area contributed by atoms with Crippen LogP contribution in [0.5, 0.6) is 5.75 Å². The third-order valence-electron chi connectivity index (χ3n) is 5.52. The monoisotopic (exact) mass is 461 g/mol. The van der Waals surface area contributed by atoms with Gasteiger partial charge in [0.1, 0.15) is 5.75 Å². The molecular weight excluding hydrogens is 438 g/mol. The lowest BCUT2D eigenvalue weighted by Gasteiger charge is -2.28. The average molecular weight is 461 g/mol. The van der Waals surface area contributed by atoms with Crippen molar-refractivity contribution in [2.45, 2.75) is 6.92 Å². The Bertz CT molecular complexity index is 1300. The molecule has 0 aliphatic carbocycles. The van der Waals surface area contributed by atoms with Crippen molar-refractivity contribution in [1.82, 2.24) is 4.98 Å². The van der Waals surface area contributed by atoms with Crippen LogP contribution in [0.25, 0.3) is 11.1 Å². The highest BCUT2D eigenvalue weighted by atomic mass is 16.5. The molecule has 0 radical (unpaired) electrons. The van der Waals surface area contributed by atoms with Crippen LogP contribution in [-0.4, -0.2) is 50.7 Å². The van der Waals surface area contributed by atoms with E-state index in [1.165, 1.54) is 25.2 Å². The molecule has 1 aliphatic rings. The zero-order valence-electron chi connectivity index (χ0n) is 19.2. The third-order valence-corrected chi connectivity index (χ3v) is 5.52. The number of pyridine rings is 1. The number of likely N-dealkylation sites (N-methyl/N-ethyl adjacent to an activating group) is 1. The lowest BCUT2D eigenvalue weighted by atomic mass is 10.00. The number of hydrogen-bond donors (Lipinski definition) is 1. The van der Waals surface area contributed by atoms with E-state index in [9.17, 15) is 14.4 Å². The van der Waals surface area contributed by atoms with E-state index in [2.05, 4.69) is 10.3 Å². The minimum absolute atomic E-state index is 0.0344. The van der Waals surface area contributed by atoms with E-state index in [1.54, 1.807) is 31.4 Å². The maximum Gasteiger partial charge on any atom is 0.340 e. The number of aryl methyl sites for hydroxylation is 1. The summed E-state index contributed by atoms with van der Waals surface area (Å²) in [7, 11) is 4.15. The Morgan fingerprint density at radius 3 is 2.53 bits per heavy atom. The number of fused-ring (bicyclic) bond motifs is 1. The number of ether oxygens (including phenoxy) is 3. The number of anilines is 3. The lowest BCUT2D eigenvalue weighted by Crippen LogP contribution is -2.35. The summed E-state index contributed by atoms with van der Waals surface area (Å²) in [4.78, 5) is 43.0. The van der Waals surface area contributed by atoms with Gasteiger partial charge in [0.2, 0.25) is 0 Å². The van der Waals surface area contributed by atoms with Crippen molar-refractivity contribution in [2.75, 3.05) is 38.1 Å². The maximum atomic E-state index is 12.6. The molecule has 0 saturated heterocycles. The van der Waals surface area contributed by atoms with E-state index in [4.69, 9.17) is 14.2 Å². The number of rotatable bonds is 5. The summed E-state index contributed by atoms with van der Waals surface area (Å²) in [5.41, 5.74) is 4.01. The molecule has 0 fully saturated rings. The fraction of sp³-hybridized carbons (Fsp3) is 0.200. The van der Waals surface area contributed by atoms with Gasteiger partial charge in [-0.15, -0.1) is 0 Å². The van der Waals surface area contributed by atoms with Crippen LogP contribution in [0, 0.1) is 6.92 Å². The van der Waals surface area contributed by atoms with E-state index >= 15 is 0 Å². The number of hydrogen-bond acceptors (Lipinski definition) is 8.